The molecule has 8 heteroatoms. The lowest BCUT2D eigenvalue weighted by Gasteiger charge is -2.32. The highest BCUT2D eigenvalue weighted by Crippen LogP contribution is 2.56. The normalized spacial score (nSPS) is 13.6. The van der Waals surface area contributed by atoms with Gasteiger partial charge in [0.15, 0.2) is 0 Å². The van der Waals surface area contributed by atoms with Crippen LogP contribution in [0, 0.1) is 27.7 Å². The molecule has 0 N–H and O–H groups in total. The average molecular weight is 1120 g/mol. The van der Waals surface area contributed by atoms with E-state index in [1.54, 1.807) is 0 Å². The molecule has 0 aliphatic heterocycles. The van der Waals surface area contributed by atoms with Crippen molar-refractivity contribution in [2.45, 2.75) is 237 Å². The summed E-state index contributed by atoms with van der Waals surface area (Å²) in [6.45, 7) is 60.7. The van der Waals surface area contributed by atoms with E-state index in [1.807, 2.05) is 48.5 Å². The summed E-state index contributed by atoms with van der Waals surface area (Å²) >= 11 is 0. The van der Waals surface area contributed by atoms with E-state index in [1.165, 1.54) is 0 Å². The van der Waals surface area contributed by atoms with Gasteiger partial charge in [0.25, 0.3) is 0 Å². The maximum atomic E-state index is 16.4. The minimum absolute atomic E-state index is 0.206. The Balaban J connectivity index is 1.55. The van der Waals surface area contributed by atoms with Crippen LogP contribution in [0.1, 0.15) is 233 Å². The van der Waals surface area contributed by atoms with E-state index >= 15 is 9.13 Å². The Morgan fingerprint density at radius 2 is 0.412 bits per heavy atom. The molecule has 6 aromatic rings. The van der Waals surface area contributed by atoms with Crippen molar-refractivity contribution in [1.82, 2.24) is 0 Å². The van der Waals surface area contributed by atoms with Gasteiger partial charge in [0, 0.05) is 22.3 Å². The Morgan fingerprint density at radius 3 is 0.562 bits per heavy atom. The molecule has 434 valence electrons. The molecule has 6 rings (SSSR count). The third kappa shape index (κ3) is 14.2. The Kier molecular flexibility index (Phi) is 17.3. The predicted molar refractivity (Wildman–Crippen MR) is 343 cm³/mol. The second-order valence-electron chi connectivity index (χ2n) is 31.1. The van der Waals surface area contributed by atoms with E-state index in [0.717, 1.165) is 77.9 Å². The second kappa shape index (κ2) is 21.6. The van der Waals surface area contributed by atoms with Crippen molar-refractivity contribution in [2.75, 3.05) is 0 Å². The number of hydrogen-bond acceptors (Lipinski definition) is 6. The maximum absolute atomic E-state index is 16.4. The van der Waals surface area contributed by atoms with E-state index in [0.29, 0.717) is 33.6 Å². The quantitative estimate of drug-likeness (QED) is 0.120. The molecule has 80 heavy (non-hydrogen) atoms. The molecule has 0 amide bonds. The largest absolute Gasteiger partial charge is 0.462 e. The molecule has 6 nitrogen and oxygen atoms in total. The molecule has 0 aliphatic carbocycles. The summed E-state index contributed by atoms with van der Waals surface area (Å²) in [5, 5.41) is 0.841. The monoisotopic (exact) mass is 1120 g/mol. The number of hydrogen-bond donors (Lipinski definition) is 0. The SMILES string of the molecule is Cc1cc(C(C)(C)C)c(OP(=O)(Oc2cc(C(C)(C)C)c(C)cc2C(C)(C)C)c2ccc(-c3ccc(P(=O)(Oc4cc(C(C)(C)C)c(C)cc4C(C)(C)C)Oc4cc(C(C)(C)C)c(C)cc4C(C)(C)C)cc3)cc2)cc1C(C)(C)C. The second-order valence-corrected chi connectivity index (χ2v) is 34.9. The van der Waals surface area contributed by atoms with Crippen LogP contribution in [0.25, 0.3) is 11.1 Å². The fourth-order valence-electron chi connectivity index (χ4n) is 11.1. The van der Waals surface area contributed by atoms with Crippen molar-refractivity contribution in [2.24, 2.45) is 0 Å². The molecule has 0 saturated carbocycles. The average Bonchev–Trinajstić information content (AvgIpc) is 3.28. The Bertz CT molecular complexity index is 2950. The lowest BCUT2D eigenvalue weighted by atomic mass is 9.79. The summed E-state index contributed by atoms with van der Waals surface area (Å²) in [7, 11) is -8.46. The fraction of sp³-hybridized carbons (Fsp3) is 0.500. The van der Waals surface area contributed by atoms with Crippen LogP contribution in [-0.4, -0.2) is 0 Å². The van der Waals surface area contributed by atoms with Crippen LogP contribution in [-0.2, 0) is 52.5 Å². The van der Waals surface area contributed by atoms with Crippen LogP contribution in [0.4, 0.5) is 0 Å². The van der Waals surface area contributed by atoms with Crippen LogP contribution in [0.5, 0.6) is 23.0 Å². The van der Waals surface area contributed by atoms with E-state index in [9.17, 15) is 0 Å². The van der Waals surface area contributed by atoms with Crippen LogP contribution in [0.15, 0.2) is 97.1 Å². The van der Waals surface area contributed by atoms with Crippen LogP contribution in [0.3, 0.4) is 0 Å². The molecule has 0 heterocycles. The third-order valence-electron chi connectivity index (χ3n) is 15.3. The molecular formula is C72H100O6P2. The van der Waals surface area contributed by atoms with Crippen molar-refractivity contribution >= 4 is 25.8 Å². The minimum Gasteiger partial charge on any atom is -0.412 e. The van der Waals surface area contributed by atoms with Gasteiger partial charge in [-0.2, -0.15) is 0 Å². The summed E-state index contributed by atoms with van der Waals surface area (Å²) in [6, 6.07) is 32.4. The molecule has 0 aliphatic rings. The Hall–Kier alpha value is -5.02. The fourth-order valence-corrected chi connectivity index (χ4v) is 14.2. The van der Waals surface area contributed by atoms with Crippen molar-refractivity contribution in [3.8, 4) is 34.1 Å². The van der Waals surface area contributed by atoms with Gasteiger partial charge >= 0.3 is 15.2 Å². The first-order valence-electron chi connectivity index (χ1n) is 28.9. The zero-order valence-electron chi connectivity index (χ0n) is 54.6. The van der Waals surface area contributed by atoms with Crippen molar-refractivity contribution in [3.05, 3.63) is 164 Å². The van der Waals surface area contributed by atoms with E-state index in [4.69, 9.17) is 18.1 Å². The van der Waals surface area contributed by atoms with Gasteiger partial charge in [0.2, 0.25) is 0 Å². The number of rotatable bonds is 11. The standard InChI is InChI=1S/C72H100O6P2/c1-45-37-57(69(17,18)19)61(41-53(45)65(5,6)7)75-79(73,76-62-42-54(66(8,9)10)46(2)38-58(62)70(20,21)22)51-33-29-49(30-34-51)50-31-35-52(36-32-50)80(74,77-63-43-55(67(11,12)13)47(3)39-59(63)71(23,24)25)78-64-44-56(68(14,15)16)48(4)40-60(64)72(26,27)28/h29-44H,1-28H3. The van der Waals surface area contributed by atoms with Crippen molar-refractivity contribution in [1.29, 1.82) is 0 Å². The highest BCUT2D eigenvalue weighted by atomic mass is 31.2. The molecule has 0 fully saturated rings. The number of benzene rings is 6. The van der Waals surface area contributed by atoms with Gasteiger partial charge in [-0.1, -0.05) is 215 Å². The molecular weight excluding hydrogens is 1020 g/mol. The van der Waals surface area contributed by atoms with Gasteiger partial charge in [-0.25, -0.2) is 9.13 Å². The molecule has 0 bridgehead atoms. The van der Waals surface area contributed by atoms with Crippen LogP contribution < -0.4 is 28.7 Å². The van der Waals surface area contributed by atoms with E-state index < -0.39 is 15.2 Å². The van der Waals surface area contributed by atoms with Crippen LogP contribution >= 0.6 is 15.2 Å². The van der Waals surface area contributed by atoms with Crippen molar-refractivity contribution < 1.29 is 27.2 Å². The lowest BCUT2D eigenvalue weighted by molar-refractivity contribution is 0.384. The summed E-state index contributed by atoms with van der Waals surface area (Å²) in [4.78, 5) is 0. The molecule has 6 aromatic carbocycles. The highest BCUT2D eigenvalue weighted by Gasteiger charge is 2.40. The van der Waals surface area contributed by atoms with Gasteiger partial charge < -0.3 is 18.1 Å². The maximum Gasteiger partial charge on any atom is 0.462 e. The Morgan fingerprint density at radius 1 is 0.250 bits per heavy atom. The van der Waals surface area contributed by atoms with Crippen molar-refractivity contribution in [3.63, 3.8) is 0 Å². The van der Waals surface area contributed by atoms with E-state index in [2.05, 4.69) is 242 Å². The molecule has 0 radical (unpaired) electrons. The van der Waals surface area contributed by atoms with Gasteiger partial charge in [-0.3, -0.25) is 0 Å². The van der Waals surface area contributed by atoms with Crippen LogP contribution in [0.2, 0.25) is 0 Å². The lowest BCUT2D eigenvalue weighted by Crippen LogP contribution is -2.22. The zero-order valence-corrected chi connectivity index (χ0v) is 56.4. The van der Waals surface area contributed by atoms with Gasteiger partial charge in [-0.15, -0.1) is 0 Å². The molecule has 0 saturated heterocycles. The third-order valence-corrected chi connectivity index (χ3v) is 19.0. The molecule has 0 unspecified atom stereocenters. The predicted octanol–water partition coefficient (Wildman–Crippen LogP) is 20.9. The summed E-state index contributed by atoms with van der Waals surface area (Å²) < 4.78 is 61.0. The highest BCUT2D eigenvalue weighted by molar-refractivity contribution is 7.63. The smallest absolute Gasteiger partial charge is 0.412 e. The summed E-state index contributed by atoms with van der Waals surface area (Å²) in [5.74, 6) is 2.15. The molecule has 0 aromatic heterocycles. The zero-order chi connectivity index (χ0) is 60.7. The first-order chi connectivity index (χ1) is 36.0. The molecule has 0 spiro atoms. The minimum atomic E-state index is -4.23. The van der Waals surface area contributed by atoms with E-state index in [-0.39, 0.29) is 43.3 Å². The Labute approximate surface area is 485 Å². The van der Waals surface area contributed by atoms with Gasteiger partial charge in [-0.05, 0) is 175 Å². The summed E-state index contributed by atoms with van der Waals surface area (Å²) in [5.41, 5.74) is 12.4. The first kappa shape index (κ1) is 64.2. The molecule has 0 atom stereocenters. The summed E-state index contributed by atoms with van der Waals surface area (Å²) in [6.07, 6.45) is 0. The topological polar surface area (TPSA) is 71.1 Å². The van der Waals surface area contributed by atoms with Gasteiger partial charge in [0.05, 0.1) is 10.6 Å². The van der Waals surface area contributed by atoms with Gasteiger partial charge in [0.1, 0.15) is 23.0 Å². The number of aryl methyl sites for hydroxylation is 4. The first-order valence-corrected chi connectivity index (χ1v) is 32.0.